The summed E-state index contributed by atoms with van der Waals surface area (Å²) in [4.78, 5) is 25.2. The third-order valence-corrected chi connectivity index (χ3v) is 9.23. The van der Waals surface area contributed by atoms with Gasteiger partial charge < -0.3 is 39.4 Å². The van der Waals surface area contributed by atoms with Gasteiger partial charge in [0.05, 0.1) is 13.2 Å². The summed E-state index contributed by atoms with van der Waals surface area (Å²) in [7, 11) is 0. The molecule has 0 saturated carbocycles. The van der Waals surface area contributed by atoms with Crippen LogP contribution in [0.1, 0.15) is 155 Å². The number of allylic oxidation sites excluding steroid dienone is 8. The van der Waals surface area contributed by atoms with Gasteiger partial charge in [0, 0.05) is 12.8 Å². The van der Waals surface area contributed by atoms with E-state index in [4.69, 9.17) is 18.9 Å². The molecule has 0 bridgehead atoms. The number of hydrogen-bond acceptors (Lipinski definition) is 10. The van der Waals surface area contributed by atoms with Crippen LogP contribution in [0.25, 0.3) is 0 Å². The number of ether oxygens (including phenoxy) is 4. The highest BCUT2D eigenvalue weighted by Crippen LogP contribution is 2.22. The molecule has 1 saturated heterocycles. The van der Waals surface area contributed by atoms with Gasteiger partial charge in [-0.1, -0.05) is 133 Å². The molecule has 3 unspecified atom stereocenters. The maximum Gasteiger partial charge on any atom is 0.306 e. The summed E-state index contributed by atoms with van der Waals surface area (Å²) in [6, 6.07) is 0. The molecule has 1 aliphatic heterocycles. The highest BCUT2D eigenvalue weighted by Gasteiger charge is 2.44. The van der Waals surface area contributed by atoms with Crippen molar-refractivity contribution in [3.8, 4) is 0 Å². The second-order valence-electron chi connectivity index (χ2n) is 14.1. The quantitative estimate of drug-likeness (QED) is 0.0224. The van der Waals surface area contributed by atoms with Crippen molar-refractivity contribution >= 4 is 11.9 Å². The molecule has 10 heteroatoms. The molecule has 1 heterocycles. The number of aliphatic hydroxyl groups is 4. The molecule has 306 valence electrons. The Kier molecular flexibility index (Phi) is 31.4. The van der Waals surface area contributed by atoms with Crippen molar-refractivity contribution in [2.75, 3.05) is 19.8 Å². The number of esters is 2. The molecule has 0 aliphatic carbocycles. The highest BCUT2D eigenvalue weighted by atomic mass is 16.7. The van der Waals surface area contributed by atoms with E-state index < -0.39 is 55.4 Å². The minimum atomic E-state index is -1.61. The van der Waals surface area contributed by atoms with Crippen LogP contribution in [-0.2, 0) is 28.5 Å². The predicted octanol–water partition coefficient (Wildman–Crippen LogP) is 8.10. The minimum Gasteiger partial charge on any atom is -0.462 e. The summed E-state index contributed by atoms with van der Waals surface area (Å²) in [5, 5.41) is 39.9. The van der Waals surface area contributed by atoms with Crippen molar-refractivity contribution in [1.29, 1.82) is 0 Å². The summed E-state index contributed by atoms with van der Waals surface area (Å²) in [5.74, 6) is -0.902. The fourth-order valence-corrected chi connectivity index (χ4v) is 5.88. The van der Waals surface area contributed by atoms with E-state index in [0.717, 1.165) is 57.8 Å². The Hall–Kier alpha value is -2.34. The zero-order chi connectivity index (χ0) is 38.8. The van der Waals surface area contributed by atoms with Gasteiger partial charge in [-0.3, -0.25) is 9.59 Å². The van der Waals surface area contributed by atoms with Gasteiger partial charge in [0.25, 0.3) is 0 Å². The number of hydrogen-bond donors (Lipinski definition) is 4. The first-order valence-corrected chi connectivity index (χ1v) is 20.7. The average Bonchev–Trinajstić information content (AvgIpc) is 3.15. The molecule has 4 N–H and O–H groups in total. The van der Waals surface area contributed by atoms with Crippen molar-refractivity contribution in [3.63, 3.8) is 0 Å². The van der Waals surface area contributed by atoms with Crippen molar-refractivity contribution in [2.24, 2.45) is 0 Å². The number of carbonyl (C=O) groups is 2. The molecule has 0 aromatic rings. The van der Waals surface area contributed by atoms with Crippen LogP contribution in [0.2, 0.25) is 0 Å². The normalized spacial score (nSPS) is 21.4. The molecule has 1 fully saturated rings. The lowest BCUT2D eigenvalue weighted by atomic mass is 9.99. The van der Waals surface area contributed by atoms with E-state index in [-0.39, 0.29) is 26.1 Å². The number of unbranched alkanes of at least 4 members (excludes halogenated alkanes) is 15. The maximum atomic E-state index is 12.7. The molecule has 10 nitrogen and oxygen atoms in total. The molecule has 6 atom stereocenters. The summed E-state index contributed by atoms with van der Waals surface area (Å²) in [6.07, 6.45) is 31.3. The van der Waals surface area contributed by atoms with Crippen LogP contribution < -0.4 is 0 Å². The Morgan fingerprint density at radius 1 is 0.604 bits per heavy atom. The molecule has 53 heavy (non-hydrogen) atoms. The zero-order valence-corrected chi connectivity index (χ0v) is 33.0. The van der Waals surface area contributed by atoms with Crippen LogP contribution in [0.3, 0.4) is 0 Å². The molecule has 0 aromatic carbocycles. The largest absolute Gasteiger partial charge is 0.462 e. The van der Waals surface area contributed by atoms with E-state index in [1.807, 2.05) is 12.2 Å². The molecule has 0 radical (unpaired) electrons. The number of aliphatic hydroxyl groups excluding tert-OH is 4. The Morgan fingerprint density at radius 3 is 1.79 bits per heavy atom. The summed E-state index contributed by atoms with van der Waals surface area (Å²) < 4.78 is 22.0. The second kappa shape index (κ2) is 34.2. The van der Waals surface area contributed by atoms with Crippen LogP contribution >= 0.6 is 0 Å². The third kappa shape index (κ3) is 26.2. The SMILES string of the molecule is CCCCC/C=C/C=C/CCCCCCCCC(=O)OCC(CO[C@H]1O[C@@H](CO)[C@@H](O)C(O)C1O)OC(=O)CC/C=C/C/C=C/CCCCCCCC. The Bertz CT molecular complexity index is 1010. The predicted molar refractivity (Wildman–Crippen MR) is 210 cm³/mol. The van der Waals surface area contributed by atoms with Crippen molar-refractivity contribution < 1.29 is 49.0 Å². The molecule has 0 amide bonds. The van der Waals surface area contributed by atoms with Crippen LogP contribution in [0.15, 0.2) is 48.6 Å². The van der Waals surface area contributed by atoms with Gasteiger partial charge in [0.1, 0.15) is 31.0 Å². The first-order chi connectivity index (χ1) is 25.8. The van der Waals surface area contributed by atoms with Gasteiger partial charge >= 0.3 is 11.9 Å². The third-order valence-electron chi connectivity index (χ3n) is 9.23. The topological polar surface area (TPSA) is 152 Å². The maximum absolute atomic E-state index is 12.7. The summed E-state index contributed by atoms with van der Waals surface area (Å²) in [5.41, 5.74) is 0. The lowest BCUT2D eigenvalue weighted by molar-refractivity contribution is -0.305. The van der Waals surface area contributed by atoms with Crippen LogP contribution in [0, 0.1) is 0 Å². The van der Waals surface area contributed by atoms with Gasteiger partial charge in [-0.2, -0.15) is 0 Å². The van der Waals surface area contributed by atoms with Crippen LogP contribution in [0.4, 0.5) is 0 Å². The van der Waals surface area contributed by atoms with Gasteiger partial charge in [-0.05, 0) is 57.8 Å². The van der Waals surface area contributed by atoms with Gasteiger partial charge in [-0.15, -0.1) is 0 Å². The van der Waals surface area contributed by atoms with Crippen molar-refractivity contribution in [1.82, 2.24) is 0 Å². The minimum absolute atomic E-state index is 0.120. The zero-order valence-electron chi connectivity index (χ0n) is 33.0. The fourth-order valence-electron chi connectivity index (χ4n) is 5.88. The second-order valence-corrected chi connectivity index (χ2v) is 14.1. The molecular formula is C43H74O10. The first-order valence-electron chi connectivity index (χ1n) is 20.7. The standard InChI is InChI=1S/C43H74O10/c1-3-5-7-9-11-13-15-17-18-20-21-23-25-27-29-31-38(45)50-34-36(35-51-43-42(49)41(48)40(47)37(33-44)53-43)52-39(46)32-30-28-26-24-22-19-16-14-12-10-8-6-4-2/h11,13,15,17,19,22,26,28,36-37,40-44,47-49H,3-10,12,14,16,18,20-21,23-25,27,29-35H2,1-2H3/b13-11+,17-15+,22-19+,28-26+/t36?,37-,40+,41?,42?,43-/m0/s1. The van der Waals surface area contributed by atoms with E-state index >= 15 is 0 Å². The monoisotopic (exact) mass is 751 g/mol. The molecule has 0 spiro atoms. The lowest BCUT2D eigenvalue weighted by Gasteiger charge is -2.39. The van der Waals surface area contributed by atoms with Crippen molar-refractivity contribution in [2.45, 2.75) is 192 Å². The van der Waals surface area contributed by atoms with Crippen LogP contribution in [-0.4, -0.2) is 89.0 Å². The smallest absolute Gasteiger partial charge is 0.306 e. The fraction of sp³-hybridized carbons (Fsp3) is 0.767. The number of carbonyl (C=O) groups excluding carboxylic acids is 2. The Morgan fingerprint density at radius 2 is 1.15 bits per heavy atom. The highest BCUT2D eigenvalue weighted by molar-refractivity contribution is 5.70. The van der Waals surface area contributed by atoms with Gasteiger partial charge in [0.2, 0.25) is 0 Å². The summed E-state index contributed by atoms with van der Waals surface area (Å²) in [6.45, 7) is 3.29. The molecule has 1 aliphatic rings. The molecule has 0 aromatic heterocycles. The molecular weight excluding hydrogens is 676 g/mol. The van der Waals surface area contributed by atoms with E-state index in [9.17, 15) is 30.0 Å². The Labute approximate surface area is 320 Å². The lowest BCUT2D eigenvalue weighted by Crippen LogP contribution is -2.59. The van der Waals surface area contributed by atoms with E-state index in [1.54, 1.807) is 0 Å². The van der Waals surface area contributed by atoms with Gasteiger partial charge in [0.15, 0.2) is 12.4 Å². The summed E-state index contributed by atoms with van der Waals surface area (Å²) >= 11 is 0. The van der Waals surface area contributed by atoms with E-state index in [0.29, 0.717) is 12.8 Å². The van der Waals surface area contributed by atoms with E-state index in [2.05, 4.69) is 50.3 Å². The first kappa shape index (κ1) is 48.7. The van der Waals surface area contributed by atoms with Gasteiger partial charge in [-0.25, -0.2) is 0 Å². The number of rotatable bonds is 33. The van der Waals surface area contributed by atoms with Crippen LogP contribution in [0.5, 0.6) is 0 Å². The molecule has 1 rings (SSSR count). The Balaban J connectivity index is 2.42. The van der Waals surface area contributed by atoms with Crippen molar-refractivity contribution in [3.05, 3.63) is 48.6 Å². The van der Waals surface area contributed by atoms with E-state index in [1.165, 1.54) is 57.8 Å². The average molecular weight is 751 g/mol.